The lowest BCUT2D eigenvalue weighted by Crippen LogP contribution is -2.36. The van der Waals surface area contributed by atoms with E-state index in [0.717, 1.165) is 5.56 Å². The summed E-state index contributed by atoms with van der Waals surface area (Å²) in [5.74, 6) is -0.0565. The van der Waals surface area contributed by atoms with Gasteiger partial charge < -0.3 is 10.2 Å². The zero-order chi connectivity index (χ0) is 18.4. The Bertz CT molecular complexity index is 814. The van der Waals surface area contributed by atoms with Gasteiger partial charge in [-0.15, -0.1) is 11.3 Å². The minimum Gasteiger partial charge on any atom is -0.334 e. The van der Waals surface area contributed by atoms with Gasteiger partial charge in [0.1, 0.15) is 0 Å². The van der Waals surface area contributed by atoms with E-state index in [1.807, 2.05) is 30.5 Å². The molecule has 2 amide bonds. The fourth-order valence-corrected chi connectivity index (χ4v) is 3.95. The van der Waals surface area contributed by atoms with E-state index in [9.17, 15) is 13.2 Å². The average Bonchev–Trinajstić information content (AvgIpc) is 2.98. The average molecular weight is 382 g/mol. The van der Waals surface area contributed by atoms with Crippen LogP contribution < -0.4 is 10.0 Å². The highest BCUT2D eigenvalue weighted by atomic mass is 32.2. The van der Waals surface area contributed by atoms with Gasteiger partial charge >= 0.3 is 6.03 Å². The zero-order valence-corrected chi connectivity index (χ0v) is 16.2. The van der Waals surface area contributed by atoms with Crippen molar-refractivity contribution >= 4 is 27.4 Å². The monoisotopic (exact) mass is 381 g/mol. The predicted octanol–water partition coefficient (Wildman–Crippen LogP) is 2.45. The van der Waals surface area contributed by atoms with Crippen LogP contribution >= 0.6 is 11.3 Å². The molecular formula is C17H23N3O3S2. The van der Waals surface area contributed by atoms with E-state index in [4.69, 9.17) is 0 Å². The number of urea groups is 1. The number of carbonyl (C=O) groups is 1. The third-order valence-electron chi connectivity index (χ3n) is 3.83. The molecule has 0 atom stereocenters. The quantitative estimate of drug-likeness (QED) is 0.773. The molecule has 6 nitrogen and oxygen atoms in total. The molecule has 0 saturated heterocycles. The number of aryl methyl sites for hydroxylation is 1. The molecule has 0 saturated carbocycles. The molecule has 0 fully saturated rings. The maximum atomic E-state index is 12.2. The molecule has 2 aromatic rings. The summed E-state index contributed by atoms with van der Waals surface area (Å²) in [6.45, 7) is 3.01. The molecule has 0 spiro atoms. The molecule has 8 heteroatoms. The Kier molecular flexibility index (Phi) is 6.57. The first kappa shape index (κ1) is 19.4. The molecule has 1 aromatic heterocycles. The van der Waals surface area contributed by atoms with Gasteiger partial charge in [-0.1, -0.05) is 24.3 Å². The van der Waals surface area contributed by atoms with Crippen LogP contribution in [0.5, 0.6) is 0 Å². The van der Waals surface area contributed by atoms with Crippen molar-refractivity contribution in [2.45, 2.75) is 25.8 Å². The topological polar surface area (TPSA) is 78.5 Å². The van der Waals surface area contributed by atoms with Gasteiger partial charge in [0.2, 0.25) is 10.0 Å². The van der Waals surface area contributed by atoms with Gasteiger partial charge in [0.05, 0.1) is 12.3 Å². The van der Waals surface area contributed by atoms with Gasteiger partial charge in [-0.25, -0.2) is 17.9 Å². The molecule has 0 aliphatic rings. The Morgan fingerprint density at radius 2 is 1.80 bits per heavy atom. The van der Waals surface area contributed by atoms with Crippen molar-refractivity contribution in [1.29, 1.82) is 0 Å². The maximum Gasteiger partial charge on any atom is 0.317 e. The molecule has 25 heavy (non-hydrogen) atoms. The highest BCUT2D eigenvalue weighted by Crippen LogP contribution is 2.17. The van der Waals surface area contributed by atoms with Crippen molar-refractivity contribution in [2.24, 2.45) is 0 Å². The van der Waals surface area contributed by atoms with Crippen LogP contribution in [0.25, 0.3) is 0 Å². The van der Waals surface area contributed by atoms with Gasteiger partial charge in [0.25, 0.3) is 0 Å². The van der Waals surface area contributed by atoms with Gasteiger partial charge in [-0.3, -0.25) is 0 Å². The normalized spacial score (nSPS) is 11.3. The van der Waals surface area contributed by atoms with Crippen LogP contribution in [0.4, 0.5) is 4.79 Å². The summed E-state index contributed by atoms with van der Waals surface area (Å²) >= 11 is 1.64. The van der Waals surface area contributed by atoms with Crippen molar-refractivity contribution in [1.82, 2.24) is 14.9 Å². The lowest BCUT2D eigenvalue weighted by Gasteiger charge is -2.18. The second-order valence-electron chi connectivity index (χ2n) is 5.82. The Labute approximate surface area is 152 Å². The van der Waals surface area contributed by atoms with Crippen LogP contribution in [0.2, 0.25) is 0 Å². The van der Waals surface area contributed by atoms with Crippen molar-refractivity contribution < 1.29 is 13.2 Å². The molecule has 0 aliphatic carbocycles. The van der Waals surface area contributed by atoms with E-state index < -0.39 is 10.0 Å². The molecule has 0 aliphatic heterocycles. The Balaban J connectivity index is 1.86. The number of amides is 2. The predicted molar refractivity (Wildman–Crippen MR) is 101 cm³/mol. The summed E-state index contributed by atoms with van der Waals surface area (Å²) < 4.78 is 25.3. The Morgan fingerprint density at radius 3 is 2.36 bits per heavy atom. The fourth-order valence-electron chi connectivity index (χ4n) is 2.21. The number of nitrogens with one attached hydrogen (secondary N) is 2. The highest BCUT2D eigenvalue weighted by molar-refractivity contribution is 7.88. The van der Waals surface area contributed by atoms with Crippen LogP contribution in [0.15, 0.2) is 35.7 Å². The van der Waals surface area contributed by atoms with Crippen LogP contribution in [-0.2, 0) is 28.9 Å². The van der Waals surface area contributed by atoms with Crippen LogP contribution in [0.1, 0.15) is 21.6 Å². The molecule has 0 bridgehead atoms. The number of thiophene rings is 1. The number of rotatable bonds is 7. The second-order valence-corrected chi connectivity index (χ2v) is 8.75. The lowest BCUT2D eigenvalue weighted by atomic mass is 10.1. The number of carbonyl (C=O) groups excluding carboxylic acids is 1. The summed E-state index contributed by atoms with van der Waals surface area (Å²) in [5.41, 5.74) is 2.81. The SMILES string of the molecule is CNS(=O)(=O)Cc1ccc(CNC(=O)N(C)Cc2sccc2C)cc1. The van der Waals surface area contributed by atoms with Crippen LogP contribution in [-0.4, -0.2) is 33.4 Å². The number of hydrogen-bond donors (Lipinski definition) is 2. The minimum absolute atomic E-state index is 0.0565. The van der Waals surface area contributed by atoms with Crippen molar-refractivity contribution in [3.8, 4) is 0 Å². The van der Waals surface area contributed by atoms with E-state index in [-0.39, 0.29) is 11.8 Å². The Morgan fingerprint density at radius 1 is 1.16 bits per heavy atom. The molecule has 1 aromatic carbocycles. The van der Waals surface area contributed by atoms with Crippen molar-refractivity contribution in [3.63, 3.8) is 0 Å². The molecule has 0 radical (unpaired) electrons. The standard InChI is InChI=1S/C17H23N3O3S2/c1-13-8-9-24-16(13)11-20(3)17(21)19-10-14-4-6-15(7-5-14)12-25(22,23)18-2/h4-9,18H,10-12H2,1-3H3,(H,19,21). The number of nitrogens with zero attached hydrogens (tertiary/aromatic N) is 1. The van der Waals surface area contributed by atoms with Gasteiger partial charge in [-0.2, -0.15) is 0 Å². The third-order valence-corrected chi connectivity index (χ3v) is 6.17. The summed E-state index contributed by atoms with van der Waals surface area (Å²) in [4.78, 5) is 15.0. The van der Waals surface area contributed by atoms with E-state index in [2.05, 4.69) is 10.0 Å². The van der Waals surface area contributed by atoms with Crippen LogP contribution in [0.3, 0.4) is 0 Å². The first-order chi connectivity index (χ1) is 11.8. The van der Waals surface area contributed by atoms with Gasteiger partial charge in [0, 0.05) is 18.5 Å². The number of sulfonamides is 1. The summed E-state index contributed by atoms with van der Waals surface area (Å²) in [7, 11) is -0.116. The molecule has 1 heterocycles. The van der Waals surface area contributed by atoms with E-state index >= 15 is 0 Å². The lowest BCUT2D eigenvalue weighted by molar-refractivity contribution is 0.207. The molecular weight excluding hydrogens is 358 g/mol. The second kappa shape index (κ2) is 8.46. The zero-order valence-electron chi connectivity index (χ0n) is 14.6. The number of benzene rings is 1. The molecule has 0 unspecified atom stereocenters. The fraction of sp³-hybridized carbons (Fsp3) is 0.353. The summed E-state index contributed by atoms with van der Waals surface area (Å²) in [6.07, 6.45) is 0. The highest BCUT2D eigenvalue weighted by Gasteiger charge is 2.11. The van der Waals surface area contributed by atoms with E-state index in [0.29, 0.717) is 18.7 Å². The smallest absolute Gasteiger partial charge is 0.317 e. The largest absolute Gasteiger partial charge is 0.334 e. The van der Waals surface area contributed by atoms with E-state index in [1.165, 1.54) is 17.5 Å². The third kappa shape index (κ3) is 5.84. The first-order valence-corrected chi connectivity index (χ1v) is 10.3. The van der Waals surface area contributed by atoms with Crippen LogP contribution in [0, 0.1) is 6.92 Å². The minimum atomic E-state index is -3.28. The van der Waals surface area contributed by atoms with Gasteiger partial charge in [-0.05, 0) is 42.1 Å². The van der Waals surface area contributed by atoms with E-state index in [1.54, 1.807) is 35.4 Å². The summed E-state index contributed by atoms with van der Waals surface area (Å²) in [6, 6.07) is 9.06. The molecule has 136 valence electrons. The summed E-state index contributed by atoms with van der Waals surface area (Å²) in [5, 5.41) is 4.89. The number of hydrogen-bond acceptors (Lipinski definition) is 4. The Hall–Kier alpha value is -1.90. The van der Waals surface area contributed by atoms with Crippen molar-refractivity contribution in [3.05, 3.63) is 57.3 Å². The molecule has 2 N–H and O–H groups in total. The molecule has 2 rings (SSSR count). The maximum absolute atomic E-state index is 12.2. The van der Waals surface area contributed by atoms with Gasteiger partial charge in [0.15, 0.2) is 0 Å². The van der Waals surface area contributed by atoms with Crippen molar-refractivity contribution in [2.75, 3.05) is 14.1 Å². The first-order valence-electron chi connectivity index (χ1n) is 7.81.